The summed E-state index contributed by atoms with van der Waals surface area (Å²) in [6.45, 7) is 8.66. The largest absolute Gasteiger partial charge is 0.116 e. The van der Waals surface area contributed by atoms with Crippen molar-refractivity contribution < 1.29 is 0 Å². The molecule has 0 bridgehead atoms. The van der Waals surface area contributed by atoms with Gasteiger partial charge in [-0.25, -0.2) is 0 Å². The summed E-state index contributed by atoms with van der Waals surface area (Å²) in [6, 6.07) is 0. The van der Waals surface area contributed by atoms with E-state index in [1.807, 2.05) is 13.8 Å². The molecule has 0 aromatic carbocycles. The lowest BCUT2D eigenvalue weighted by Crippen LogP contribution is -2.16. The van der Waals surface area contributed by atoms with E-state index < -0.39 is 0 Å². The van der Waals surface area contributed by atoms with Gasteiger partial charge in [-0.05, 0) is 17.7 Å². The maximum Gasteiger partial charge on any atom is -0.0257 e. The Morgan fingerprint density at radius 2 is 1.38 bits per heavy atom. The zero-order valence-corrected chi connectivity index (χ0v) is 7.36. The lowest BCUT2D eigenvalue weighted by molar-refractivity contribution is 0.724. The third-order valence-electron chi connectivity index (χ3n) is 1.28. The minimum absolute atomic E-state index is 1.07. The van der Waals surface area contributed by atoms with Crippen LogP contribution in [0.3, 0.4) is 0 Å². The van der Waals surface area contributed by atoms with Crippen LogP contribution in [0.4, 0.5) is 0 Å². The Balaban J connectivity index is 0.000000222. The fraction of sp³-hybridized carbons (Fsp3) is 1.00. The first-order valence-electron chi connectivity index (χ1n) is 3.55. The molecule has 2 atom stereocenters. The Kier molecular flexibility index (Phi) is 4.56. The average molecular weight is 132 g/mol. The molecule has 0 radical (unpaired) electrons. The van der Waals surface area contributed by atoms with Crippen molar-refractivity contribution >= 4 is 8.58 Å². The normalized spacial score (nSPS) is 37.5. The molecule has 0 saturated carbocycles. The number of hydrogen-bond acceptors (Lipinski definition) is 0. The predicted octanol–water partition coefficient (Wildman–Crippen LogP) is 2.87. The lowest BCUT2D eigenvalue weighted by Gasteiger charge is -2.29. The molecule has 0 aromatic rings. The second-order valence-electron chi connectivity index (χ2n) is 2.20. The van der Waals surface area contributed by atoms with Crippen LogP contribution in [0, 0.1) is 0 Å². The summed E-state index contributed by atoms with van der Waals surface area (Å²) in [6.07, 6.45) is 1.48. The fourth-order valence-electron chi connectivity index (χ4n) is 0.992. The minimum atomic E-state index is 1.07. The molecule has 0 nitrogen and oxygen atoms in total. The molecule has 0 N–H and O–H groups in total. The van der Waals surface area contributed by atoms with E-state index in [1.54, 1.807) is 0 Å². The molecule has 0 aliphatic carbocycles. The van der Waals surface area contributed by atoms with E-state index in [9.17, 15) is 0 Å². The highest BCUT2D eigenvalue weighted by molar-refractivity contribution is 7.41. The highest BCUT2D eigenvalue weighted by Crippen LogP contribution is 2.41. The molecule has 0 amide bonds. The zero-order chi connectivity index (χ0) is 6.57. The molecule has 1 saturated heterocycles. The maximum absolute atomic E-state index is 2.33. The molecule has 1 aliphatic heterocycles. The van der Waals surface area contributed by atoms with Crippen LogP contribution in [-0.4, -0.2) is 11.3 Å². The quantitative estimate of drug-likeness (QED) is 0.444. The van der Waals surface area contributed by atoms with Crippen LogP contribution in [0.5, 0.6) is 0 Å². The van der Waals surface area contributed by atoms with Crippen molar-refractivity contribution in [2.75, 3.05) is 0 Å². The third-order valence-corrected chi connectivity index (χ3v) is 2.89. The summed E-state index contributed by atoms with van der Waals surface area (Å²) < 4.78 is 0. The van der Waals surface area contributed by atoms with Crippen molar-refractivity contribution in [2.24, 2.45) is 0 Å². The summed E-state index contributed by atoms with van der Waals surface area (Å²) in [5.41, 5.74) is 2.14. The fourth-order valence-corrected chi connectivity index (χ4v) is 2.50. The molecule has 1 fully saturated rings. The summed E-state index contributed by atoms with van der Waals surface area (Å²) in [7, 11) is 1.27. The summed E-state index contributed by atoms with van der Waals surface area (Å²) >= 11 is 0. The number of rotatable bonds is 0. The van der Waals surface area contributed by atoms with Crippen molar-refractivity contribution in [2.45, 2.75) is 45.4 Å². The van der Waals surface area contributed by atoms with Crippen molar-refractivity contribution in [3.63, 3.8) is 0 Å². The molecule has 1 rings (SSSR count). The van der Waals surface area contributed by atoms with Gasteiger partial charge in [-0.1, -0.05) is 27.7 Å². The highest BCUT2D eigenvalue weighted by Gasteiger charge is 2.19. The molecular formula is C7H17P. The summed E-state index contributed by atoms with van der Waals surface area (Å²) in [5.74, 6) is 0. The van der Waals surface area contributed by atoms with Crippen LogP contribution in [0.25, 0.3) is 0 Å². The standard InChI is InChI=1S/C5H11P.C2H6/c1-4-3-5(2)6-4;1-2/h4-6H,3H2,1-2H3;1-2H3. The highest BCUT2D eigenvalue weighted by atomic mass is 31.1. The Bertz CT molecular complexity index is 40.3. The van der Waals surface area contributed by atoms with E-state index in [0.29, 0.717) is 0 Å². The molecule has 0 spiro atoms. The second kappa shape index (κ2) is 4.32. The van der Waals surface area contributed by atoms with Gasteiger partial charge in [0.15, 0.2) is 0 Å². The molecule has 8 heavy (non-hydrogen) atoms. The maximum atomic E-state index is 2.33. The molecule has 1 heterocycles. The molecular weight excluding hydrogens is 115 g/mol. The molecule has 50 valence electrons. The van der Waals surface area contributed by atoms with Crippen LogP contribution in [0.1, 0.15) is 34.1 Å². The van der Waals surface area contributed by atoms with Gasteiger partial charge >= 0.3 is 0 Å². The molecule has 2 unspecified atom stereocenters. The van der Waals surface area contributed by atoms with Gasteiger partial charge in [0.25, 0.3) is 0 Å². The average Bonchev–Trinajstić information content (AvgIpc) is 1.70. The van der Waals surface area contributed by atoms with Crippen molar-refractivity contribution in [3.05, 3.63) is 0 Å². The smallest absolute Gasteiger partial charge is 0.0257 e. The van der Waals surface area contributed by atoms with E-state index in [-0.39, 0.29) is 0 Å². The third kappa shape index (κ3) is 2.67. The summed E-state index contributed by atoms with van der Waals surface area (Å²) in [4.78, 5) is 0. The Hall–Kier alpha value is 0.430. The van der Waals surface area contributed by atoms with Gasteiger partial charge in [-0.15, -0.1) is 8.58 Å². The van der Waals surface area contributed by atoms with Crippen molar-refractivity contribution in [1.29, 1.82) is 0 Å². The molecule has 0 aromatic heterocycles. The summed E-state index contributed by atoms with van der Waals surface area (Å²) in [5, 5.41) is 0. The SMILES string of the molecule is CC.CC1CC(C)P1. The van der Waals surface area contributed by atoms with Gasteiger partial charge in [0.2, 0.25) is 0 Å². The zero-order valence-electron chi connectivity index (χ0n) is 6.36. The van der Waals surface area contributed by atoms with Crippen LogP contribution < -0.4 is 0 Å². The van der Waals surface area contributed by atoms with Crippen LogP contribution in [-0.2, 0) is 0 Å². The van der Waals surface area contributed by atoms with Gasteiger partial charge in [0.1, 0.15) is 0 Å². The first-order valence-corrected chi connectivity index (χ1v) is 4.70. The predicted molar refractivity (Wildman–Crippen MR) is 43.2 cm³/mol. The van der Waals surface area contributed by atoms with Crippen LogP contribution in [0.2, 0.25) is 0 Å². The van der Waals surface area contributed by atoms with E-state index >= 15 is 0 Å². The Morgan fingerprint density at radius 3 is 1.38 bits per heavy atom. The van der Waals surface area contributed by atoms with E-state index in [0.717, 1.165) is 11.3 Å². The van der Waals surface area contributed by atoms with Gasteiger partial charge < -0.3 is 0 Å². The van der Waals surface area contributed by atoms with Crippen molar-refractivity contribution in [3.8, 4) is 0 Å². The Labute approximate surface area is 54.8 Å². The van der Waals surface area contributed by atoms with Crippen LogP contribution >= 0.6 is 8.58 Å². The first-order chi connectivity index (χ1) is 3.79. The first kappa shape index (κ1) is 8.43. The van der Waals surface area contributed by atoms with E-state index in [4.69, 9.17) is 0 Å². The lowest BCUT2D eigenvalue weighted by atomic mass is 10.2. The molecule has 1 heteroatoms. The Morgan fingerprint density at radius 1 is 1.12 bits per heavy atom. The van der Waals surface area contributed by atoms with Gasteiger partial charge in [-0.3, -0.25) is 0 Å². The second-order valence-corrected chi connectivity index (χ2v) is 4.51. The van der Waals surface area contributed by atoms with Crippen LogP contribution in [0.15, 0.2) is 0 Å². The topological polar surface area (TPSA) is 0 Å². The van der Waals surface area contributed by atoms with Gasteiger partial charge in [-0.2, -0.15) is 0 Å². The number of hydrogen-bond donors (Lipinski definition) is 0. The monoisotopic (exact) mass is 132 g/mol. The van der Waals surface area contributed by atoms with Gasteiger partial charge in [0, 0.05) is 0 Å². The molecule has 1 aliphatic rings. The van der Waals surface area contributed by atoms with Gasteiger partial charge in [0.05, 0.1) is 0 Å². The minimum Gasteiger partial charge on any atom is -0.116 e. The van der Waals surface area contributed by atoms with Crippen molar-refractivity contribution in [1.82, 2.24) is 0 Å². The van der Waals surface area contributed by atoms with E-state index in [1.165, 1.54) is 15.0 Å². The van der Waals surface area contributed by atoms with E-state index in [2.05, 4.69) is 13.8 Å².